The molecule has 10 nitrogen and oxygen atoms in total. The molecular formula is C17H17N3O7S2. The number of carbonyl (C=O) groups is 2. The van der Waals surface area contributed by atoms with Crippen molar-refractivity contribution in [2.75, 3.05) is 22.6 Å². The molecule has 0 aliphatic heterocycles. The molecule has 154 valence electrons. The maximum absolute atomic E-state index is 12.5. The molecule has 2 N–H and O–H groups in total. The fourth-order valence-corrected chi connectivity index (χ4v) is 3.99. The summed E-state index contributed by atoms with van der Waals surface area (Å²) in [5.41, 5.74) is 0.266. The third-order valence-electron chi connectivity index (χ3n) is 3.55. The molecule has 29 heavy (non-hydrogen) atoms. The molecule has 2 aromatic rings. The number of benzene rings is 2. The minimum Gasteiger partial charge on any atom is -0.326 e. The Morgan fingerprint density at radius 1 is 1.07 bits per heavy atom. The van der Waals surface area contributed by atoms with Crippen LogP contribution in [0.1, 0.15) is 6.92 Å². The third-order valence-corrected chi connectivity index (χ3v) is 6.02. The van der Waals surface area contributed by atoms with Crippen molar-refractivity contribution in [1.29, 1.82) is 0 Å². The fourth-order valence-electron chi connectivity index (χ4n) is 2.30. The Hall–Kier alpha value is -3.12. The van der Waals surface area contributed by atoms with Crippen molar-refractivity contribution < 1.29 is 27.1 Å². The largest absolute Gasteiger partial charge is 0.326 e. The Balaban J connectivity index is 2.14. The predicted octanol–water partition coefficient (Wildman–Crippen LogP) is 1.70. The van der Waals surface area contributed by atoms with Crippen molar-refractivity contribution in [3.63, 3.8) is 0 Å². The summed E-state index contributed by atoms with van der Waals surface area (Å²) in [6.45, 7) is 1.35. The lowest BCUT2D eigenvalue weighted by molar-refractivity contribution is -0.388. The number of nitro groups is 1. The second-order valence-corrected chi connectivity index (χ2v) is 9.39. The first kappa shape index (κ1) is 22.2. The van der Waals surface area contributed by atoms with Gasteiger partial charge >= 0.3 is 0 Å². The molecular weight excluding hydrogens is 422 g/mol. The monoisotopic (exact) mass is 439 g/mol. The SMILES string of the molecule is CC(=O)Nc1ccc(NC(=O)CS(=O)c2ccc(S(C)(=O)=O)cc2[N+](=O)[O-])cc1. The van der Waals surface area contributed by atoms with Gasteiger partial charge in [-0.2, -0.15) is 0 Å². The van der Waals surface area contributed by atoms with Crippen LogP contribution in [-0.2, 0) is 30.2 Å². The first-order chi connectivity index (χ1) is 13.5. The van der Waals surface area contributed by atoms with Gasteiger partial charge in [0.1, 0.15) is 10.6 Å². The van der Waals surface area contributed by atoms with Gasteiger partial charge in [-0.05, 0) is 36.4 Å². The van der Waals surface area contributed by atoms with Gasteiger partial charge in [0.2, 0.25) is 11.8 Å². The molecule has 1 unspecified atom stereocenters. The Labute approximate surface area is 168 Å². The highest BCUT2D eigenvalue weighted by atomic mass is 32.2. The highest BCUT2D eigenvalue weighted by Gasteiger charge is 2.24. The summed E-state index contributed by atoms with van der Waals surface area (Å²) < 4.78 is 35.6. The average Bonchev–Trinajstić information content (AvgIpc) is 2.61. The molecule has 0 fully saturated rings. The smallest absolute Gasteiger partial charge is 0.286 e. The highest BCUT2D eigenvalue weighted by molar-refractivity contribution is 7.90. The van der Waals surface area contributed by atoms with Crippen molar-refractivity contribution >= 4 is 49.5 Å². The van der Waals surface area contributed by atoms with Gasteiger partial charge in [0, 0.05) is 30.6 Å². The summed E-state index contributed by atoms with van der Waals surface area (Å²) in [7, 11) is -5.76. The molecule has 1 atom stereocenters. The molecule has 0 spiro atoms. The zero-order chi connectivity index (χ0) is 21.8. The fraction of sp³-hybridized carbons (Fsp3) is 0.176. The van der Waals surface area contributed by atoms with E-state index in [1.807, 2.05) is 0 Å². The lowest BCUT2D eigenvalue weighted by Gasteiger charge is -2.08. The van der Waals surface area contributed by atoms with Crippen LogP contribution in [-0.4, -0.2) is 41.4 Å². The van der Waals surface area contributed by atoms with Crippen LogP contribution >= 0.6 is 0 Å². The molecule has 0 bridgehead atoms. The Morgan fingerprint density at radius 2 is 1.62 bits per heavy atom. The summed E-state index contributed by atoms with van der Waals surface area (Å²) in [5.74, 6) is -1.47. The van der Waals surface area contributed by atoms with E-state index in [1.54, 1.807) is 12.1 Å². The Morgan fingerprint density at radius 3 is 2.10 bits per heavy atom. The zero-order valence-electron chi connectivity index (χ0n) is 15.4. The summed E-state index contributed by atoms with van der Waals surface area (Å²) in [6, 6.07) is 9.16. The minimum absolute atomic E-state index is 0.249. The zero-order valence-corrected chi connectivity index (χ0v) is 17.0. The predicted molar refractivity (Wildman–Crippen MR) is 107 cm³/mol. The van der Waals surface area contributed by atoms with E-state index in [1.165, 1.54) is 19.1 Å². The lowest BCUT2D eigenvalue weighted by atomic mass is 10.3. The number of rotatable bonds is 7. The van der Waals surface area contributed by atoms with Crippen LogP contribution in [0.3, 0.4) is 0 Å². The van der Waals surface area contributed by atoms with Gasteiger partial charge in [-0.1, -0.05) is 0 Å². The first-order valence-corrected chi connectivity index (χ1v) is 11.2. The van der Waals surface area contributed by atoms with Gasteiger partial charge in [0.05, 0.1) is 20.6 Å². The molecule has 0 aromatic heterocycles. The standard InChI is InChI=1S/C17H17N3O7S2/c1-11(21)18-12-3-5-13(6-4-12)19-17(22)10-28(25)16-8-7-14(29(2,26)27)9-15(16)20(23)24/h3-9H,10H2,1-2H3,(H,18,21)(H,19,22). The van der Waals surface area contributed by atoms with Crippen LogP contribution in [0.5, 0.6) is 0 Å². The number of hydrogen-bond acceptors (Lipinski definition) is 7. The van der Waals surface area contributed by atoms with Crippen LogP contribution in [0.25, 0.3) is 0 Å². The van der Waals surface area contributed by atoms with Gasteiger partial charge in [0.25, 0.3) is 5.69 Å². The number of nitrogens with one attached hydrogen (secondary N) is 2. The summed E-state index contributed by atoms with van der Waals surface area (Å²) in [4.78, 5) is 33.0. The molecule has 0 radical (unpaired) electrons. The molecule has 0 saturated carbocycles. The van der Waals surface area contributed by atoms with E-state index in [-0.39, 0.29) is 15.7 Å². The quantitative estimate of drug-likeness (QED) is 0.492. The maximum atomic E-state index is 12.5. The van der Waals surface area contributed by atoms with Crippen LogP contribution < -0.4 is 10.6 Å². The summed E-state index contributed by atoms with van der Waals surface area (Å²) in [5, 5.41) is 16.3. The molecule has 2 amide bonds. The molecule has 2 rings (SSSR count). The van der Waals surface area contributed by atoms with Crippen LogP contribution in [0.2, 0.25) is 0 Å². The van der Waals surface area contributed by atoms with Gasteiger partial charge in [-0.3, -0.25) is 23.9 Å². The number of amides is 2. The van der Waals surface area contributed by atoms with Gasteiger partial charge in [-0.25, -0.2) is 8.42 Å². The van der Waals surface area contributed by atoms with Crippen molar-refractivity contribution in [2.45, 2.75) is 16.7 Å². The van der Waals surface area contributed by atoms with Crippen LogP contribution in [0, 0.1) is 10.1 Å². The number of carbonyl (C=O) groups excluding carboxylic acids is 2. The summed E-state index contributed by atoms with van der Waals surface area (Å²) in [6.07, 6.45) is 0.896. The van der Waals surface area contributed by atoms with E-state index in [0.717, 1.165) is 24.5 Å². The molecule has 0 heterocycles. The van der Waals surface area contributed by atoms with Crippen LogP contribution in [0.15, 0.2) is 52.3 Å². The van der Waals surface area contributed by atoms with E-state index in [9.17, 15) is 32.3 Å². The van der Waals surface area contributed by atoms with Crippen molar-refractivity contribution in [3.05, 3.63) is 52.6 Å². The normalized spacial score (nSPS) is 12.1. The van der Waals surface area contributed by atoms with E-state index >= 15 is 0 Å². The first-order valence-electron chi connectivity index (χ1n) is 8.02. The van der Waals surface area contributed by atoms with Gasteiger partial charge in [0.15, 0.2) is 9.84 Å². The van der Waals surface area contributed by atoms with E-state index < -0.39 is 42.9 Å². The molecule has 0 aliphatic rings. The second-order valence-electron chi connectivity index (χ2n) is 5.96. The average molecular weight is 439 g/mol. The number of sulfone groups is 1. The summed E-state index contributed by atoms with van der Waals surface area (Å²) >= 11 is 0. The van der Waals surface area contributed by atoms with Crippen LogP contribution in [0.4, 0.5) is 17.1 Å². The van der Waals surface area contributed by atoms with E-state index in [0.29, 0.717) is 11.4 Å². The molecule has 0 saturated heterocycles. The van der Waals surface area contributed by atoms with E-state index in [2.05, 4.69) is 10.6 Å². The van der Waals surface area contributed by atoms with Gasteiger partial charge < -0.3 is 10.6 Å². The Bertz CT molecular complexity index is 1100. The minimum atomic E-state index is -3.69. The van der Waals surface area contributed by atoms with E-state index in [4.69, 9.17) is 0 Å². The third kappa shape index (κ3) is 6.19. The molecule has 12 heteroatoms. The number of anilines is 2. The maximum Gasteiger partial charge on any atom is 0.286 e. The highest BCUT2D eigenvalue weighted by Crippen LogP contribution is 2.26. The molecule has 0 aliphatic carbocycles. The second kappa shape index (κ2) is 8.92. The Kier molecular flexibility index (Phi) is 6.82. The van der Waals surface area contributed by atoms with Gasteiger partial charge in [-0.15, -0.1) is 0 Å². The molecule has 2 aromatic carbocycles. The topological polar surface area (TPSA) is 153 Å². The number of hydrogen-bond donors (Lipinski definition) is 2. The number of nitrogens with zero attached hydrogens (tertiary/aromatic N) is 1. The lowest BCUT2D eigenvalue weighted by Crippen LogP contribution is -2.20. The van der Waals surface area contributed by atoms with Crippen molar-refractivity contribution in [1.82, 2.24) is 0 Å². The number of nitro benzene ring substituents is 1. The van der Waals surface area contributed by atoms with Crippen molar-refractivity contribution in [2.24, 2.45) is 0 Å². The van der Waals surface area contributed by atoms with Crippen molar-refractivity contribution in [3.8, 4) is 0 Å².